The van der Waals surface area contributed by atoms with Crippen LogP contribution in [0.5, 0.6) is 0 Å². The number of ketones is 2. The van der Waals surface area contributed by atoms with Crippen LogP contribution in [-0.4, -0.2) is 31.1 Å². The highest BCUT2D eigenvalue weighted by Gasteiger charge is 2.31. The maximum absolute atomic E-state index is 13.8. The Balaban J connectivity index is 1.53. The Hall–Kier alpha value is -3.64. The van der Waals surface area contributed by atoms with Crippen molar-refractivity contribution in [2.24, 2.45) is 0 Å². The van der Waals surface area contributed by atoms with E-state index in [4.69, 9.17) is 0 Å². The predicted octanol–water partition coefficient (Wildman–Crippen LogP) is 2.25. The first-order valence-electron chi connectivity index (χ1n) is 9.61. The molecule has 0 fully saturated rings. The summed E-state index contributed by atoms with van der Waals surface area (Å²) in [6.07, 6.45) is 0. The first kappa shape index (κ1) is 19.7. The number of fused-ring (bicyclic) bond motifs is 2. The first-order chi connectivity index (χ1) is 14.5. The Labute approximate surface area is 173 Å². The van der Waals surface area contributed by atoms with Crippen LogP contribution in [0.2, 0.25) is 0 Å². The van der Waals surface area contributed by atoms with Crippen molar-refractivity contribution in [1.29, 1.82) is 0 Å². The number of likely N-dealkylation sites (N-methyl/N-ethyl adjacent to an activating group) is 1. The molecule has 30 heavy (non-hydrogen) atoms. The number of anilines is 1. The number of carbonyl (C=O) groups is 3. The van der Waals surface area contributed by atoms with Gasteiger partial charge in [-0.15, -0.1) is 0 Å². The van der Waals surface area contributed by atoms with Crippen LogP contribution in [0.3, 0.4) is 0 Å². The van der Waals surface area contributed by atoms with Gasteiger partial charge in [0, 0.05) is 22.3 Å². The molecule has 2 N–H and O–H groups in total. The number of rotatable bonds is 5. The quantitative estimate of drug-likeness (QED) is 0.537. The Kier molecular flexibility index (Phi) is 5.25. The first-order valence-corrected chi connectivity index (χ1v) is 9.61. The second-order valence-electron chi connectivity index (χ2n) is 7.38. The highest BCUT2D eigenvalue weighted by atomic mass is 19.1. The molecule has 0 aromatic heterocycles. The van der Waals surface area contributed by atoms with E-state index in [1.165, 1.54) is 6.07 Å². The molecule has 3 aromatic rings. The lowest BCUT2D eigenvalue weighted by Gasteiger charge is -2.20. The molecule has 6 heteroatoms. The van der Waals surface area contributed by atoms with Crippen molar-refractivity contribution in [3.63, 3.8) is 0 Å². The molecule has 3 aromatic carbocycles. The van der Waals surface area contributed by atoms with E-state index >= 15 is 0 Å². The Morgan fingerprint density at radius 1 is 0.867 bits per heavy atom. The zero-order chi connectivity index (χ0) is 21.3. The summed E-state index contributed by atoms with van der Waals surface area (Å²) in [6, 6.07) is 18.0. The molecule has 1 aliphatic rings. The molecule has 1 unspecified atom stereocenters. The standard InChI is InChI=1S/C24H19FN2O3/c1-27(13-15-7-2-5-11-19(15)25)14-21(28)26-20-12-6-10-18-22(20)24(30)17-9-4-3-8-16(17)23(18)29/h2-12H,13-14H2,1H3,(H,26,28)/p+1. The second kappa shape index (κ2) is 8.00. The van der Waals surface area contributed by atoms with E-state index in [9.17, 15) is 18.8 Å². The minimum Gasteiger partial charge on any atom is -0.326 e. The lowest BCUT2D eigenvalue weighted by atomic mass is 9.83. The molecule has 0 radical (unpaired) electrons. The third-order valence-corrected chi connectivity index (χ3v) is 5.14. The molecule has 0 saturated heterocycles. The summed E-state index contributed by atoms with van der Waals surface area (Å²) in [7, 11) is 1.79. The highest BCUT2D eigenvalue weighted by molar-refractivity contribution is 6.30. The number of nitrogens with one attached hydrogen (secondary N) is 2. The van der Waals surface area contributed by atoms with Crippen molar-refractivity contribution < 1.29 is 23.7 Å². The average molecular weight is 403 g/mol. The lowest BCUT2D eigenvalue weighted by molar-refractivity contribution is -0.885. The number of hydrogen-bond donors (Lipinski definition) is 2. The summed E-state index contributed by atoms with van der Waals surface area (Å²) in [5, 5.41) is 2.76. The molecule has 0 saturated carbocycles. The number of halogens is 1. The van der Waals surface area contributed by atoms with Crippen LogP contribution >= 0.6 is 0 Å². The van der Waals surface area contributed by atoms with E-state index < -0.39 is 0 Å². The Morgan fingerprint density at radius 3 is 2.23 bits per heavy atom. The highest BCUT2D eigenvalue weighted by Crippen LogP contribution is 2.31. The molecular formula is C24H20FN2O3+. The van der Waals surface area contributed by atoms with Gasteiger partial charge in [0.05, 0.1) is 18.3 Å². The molecule has 0 aliphatic heterocycles. The van der Waals surface area contributed by atoms with Gasteiger partial charge < -0.3 is 10.2 Å². The molecular weight excluding hydrogens is 383 g/mol. The molecule has 1 amide bonds. The zero-order valence-electron chi connectivity index (χ0n) is 16.4. The summed E-state index contributed by atoms with van der Waals surface area (Å²) in [5.41, 5.74) is 2.03. The molecule has 5 nitrogen and oxygen atoms in total. The van der Waals surface area contributed by atoms with Crippen LogP contribution in [0.25, 0.3) is 0 Å². The monoisotopic (exact) mass is 403 g/mol. The summed E-state index contributed by atoms with van der Waals surface area (Å²) < 4.78 is 13.8. The third-order valence-electron chi connectivity index (χ3n) is 5.14. The molecule has 1 aliphatic carbocycles. The van der Waals surface area contributed by atoms with Crippen molar-refractivity contribution >= 4 is 23.2 Å². The fourth-order valence-corrected chi connectivity index (χ4v) is 3.75. The Morgan fingerprint density at radius 2 is 1.50 bits per heavy atom. The van der Waals surface area contributed by atoms with Gasteiger partial charge in [-0.3, -0.25) is 14.4 Å². The Bertz CT molecular complexity index is 1170. The SMILES string of the molecule is C[NH+](CC(=O)Nc1cccc2c1C(=O)c1ccccc1C2=O)Cc1ccccc1F. The van der Waals surface area contributed by atoms with E-state index in [-0.39, 0.29) is 41.0 Å². The lowest BCUT2D eigenvalue weighted by Crippen LogP contribution is -3.08. The van der Waals surface area contributed by atoms with Gasteiger partial charge in [-0.2, -0.15) is 0 Å². The van der Waals surface area contributed by atoms with Crippen LogP contribution in [0.15, 0.2) is 66.7 Å². The van der Waals surface area contributed by atoms with Crippen molar-refractivity contribution in [3.8, 4) is 0 Å². The van der Waals surface area contributed by atoms with Crippen molar-refractivity contribution in [2.45, 2.75) is 6.54 Å². The van der Waals surface area contributed by atoms with Gasteiger partial charge in [-0.25, -0.2) is 4.39 Å². The molecule has 0 bridgehead atoms. The van der Waals surface area contributed by atoms with Gasteiger partial charge in [-0.05, 0) is 12.1 Å². The van der Waals surface area contributed by atoms with Crippen LogP contribution < -0.4 is 10.2 Å². The smallest absolute Gasteiger partial charge is 0.279 e. The van der Waals surface area contributed by atoms with Gasteiger partial charge in [0.1, 0.15) is 12.4 Å². The van der Waals surface area contributed by atoms with Crippen LogP contribution in [-0.2, 0) is 11.3 Å². The van der Waals surface area contributed by atoms with Gasteiger partial charge in [0.25, 0.3) is 5.91 Å². The fraction of sp³-hybridized carbons (Fsp3) is 0.125. The normalized spacial score (nSPS) is 13.4. The summed E-state index contributed by atoms with van der Waals surface area (Å²) >= 11 is 0. The van der Waals surface area contributed by atoms with Gasteiger partial charge in [0.15, 0.2) is 18.1 Å². The van der Waals surface area contributed by atoms with Crippen LogP contribution in [0.4, 0.5) is 10.1 Å². The van der Waals surface area contributed by atoms with E-state index in [1.807, 2.05) is 0 Å². The van der Waals surface area contributed by atoms with Crippen molar-refractivity contribution in [3.05, 3.63) is 100 Å². The van der Waals surface area contributed by atoms with Crippen molar-refractivity contribution in [2.75, 3.05) is 18.9 Å². The van der Waals surface area contributed by atoms with Crippen LogP contribution in [0, 0.1) is 5.82 Å². The summed E-state index contributed by atoms with van der Waals surface area (Å²) in [5.74, 6) is -1.16. The fourth-order valence-electron chi connectivity index (χ4n) is 3.75. The zero-order valence-corrected chi connectivity index (χ0v) is 16.4. The molecule has 1 atom stereocenters. The maximum atomic E-state index is 13.8. The van der Waals surface area contributed by atoms with E-state index in [0.717, 1.165) is 4.90 Å². The summed E-state index contributed by atoms with van der Waals surface area (Å²) in [6.45, 7) is 0.425. The number of quaternary nitrogens is 1. The van der Waals surface area contributed by atoms with E-state index in [0.29, 0.717) is 28.9 Å². The van der Waals surface area contributed by atoms with E-state index in [2.05, 4.69) is 5.32 Å². The maximum Gasteiger partial charge on any atom is 0.279 e. The molecule has 0 spiro atoms. The van der Waals surface area contributed by atoms with Crippen LogP contribution in [0.1, 0.15) is 37.4 Å². The minimum absolute atomic E-state index is 0.0801. The molecule has 4 rings (SSSR count). The van der Waals surface area contributed by atoms with Gasteiger partial charge in [0.2, 0.25) is 0 Å². The minimum atomic E-state index is -0.323. The molecule has 0 heterocycles. The average Bonchev–Trinajstić information content (AvgIpc) is 2.73. The largest absolute Gasteiger partial charge is 0.326 e. The number of hydrogen-bond acceptors (Lipinski definition) is 3. The second-order valence-corrected chi connectivity index (χ2v) is 7.38. The number of benzene rings is 3. The third kappa shape index (κ3) is 3.65. The number of amides is 1. The predicted molar refractivity (Wildman–Crippen MR) is 110 cm³/mol. The summed E-state index contributed by atoms with van der Waals surface area (Å²) in [4.78, 5) is 39.2. The number of carbonyl (C=O) groups excluding carboxylic acids is 3. The van der Waals surface area contributed by atoms with Gasteiger partial charge in [-0.1, -0.05) is 54.6 Å². The molecule has 150 valence electrons. The van der Waals surface area contributed by atoms with Crippen molar-refractivity contribution in [1.82, 2.24) is 0 Å². The topological polar surface area (TPSA) is 67.7 Å². The van der Waals surface area contributed by atoms with Gasteiger partial charge >= 0.3 is 0 Å². The van der Waals surface area contributed by atoms with E-state index in [1.54, 1.807) is 67.7 Å².